The van der Waals surface area contributed by atoms with Gasteiger partial charge in [-0.3, -0.25) is 9.59 Å². The second-order valence-corrected chi connectivity index (χ2v) is 6.47. The Morgan fingerprint density at radius 3 is 2.48 bits per heavy atom. The fourth-order valence-corrected chi connectivity index (χ4v) is 2.84. The lowest BCUT2D eigenvalue weighted by Gasteiger charge is -2.11. The lowest BCUT2D eigenvalue weighted by atomic mass is 10.1. The van der Waals surface area contributed by atoms with Gasteiger partial charge in [0.2, 0.25) is 0 Å². The number of hydrogen-bond acceptors (Lipinski definition) is 6. The van der Waals surface area contributed by atoms with Crippen LogP contribution in [0.1, 0.15) is 24.8 Å². The van der Waals surface area contributed by atoms with Crippen LogP contribution in [0, 0.1) is 0 Å². The fourth-order valence-electron chi connectivity index (χ4n) is 2.84. The van der Waals surface area contributed by atoms with Gasteiger partial charge >= 0.3 is 5.97 Å². The predicted molar refractivity (Wildman–Crippen MR) is 108 cm³/mol. The maximum atomic E-state index is 12.2. The molecular formula is C22H24N2O5. The molecule has 1 amide bonds. The number of hydrogen-bond donors (Lipinski definition) is 0. The third-order valence-corrected chi connectivity index (χ3v) is 4.41. The Morgan fingerprint density at radius 2 is 1.76 bits per heavy atom. The molecule has 0 aromatic heterocycles. The highest BCUT2D eigenvalue weighted by Crippen LogP contribution is 2.17. The second kappa shape index (κ2) is 10.3. The molecule has 0 unspecified atom stereocenters. The van der Waals surface area contributed by atoms with Gasteiger partial charge in [0.05, 0.1) is 26.0 Å². The number of esters is 1. The Labute approximate surface area is 169 Å². The first-order chi connectivity index (χ1) is 14.2. The van der Waals surface area contributed by atoms with Crippen molar-refractivity contribution in [3.63, 3.8) is 0 Å². The first-order valence-electron chi connectivity index (χ1n) is 9.51. The van der Waals surface area contributed by atoms with Crippen molar-refractivity contribution >= 4 is 17.6 Å². The maximum absolute atomic E-state index is 12.2. The van der Waals surface area contributed by atoms with Crippen LogP contribution in [-0.2, 0) is 14.3 Å². The molecule has 0 saturated carbocycles. The zero-order valence-corrected chi connectivity index (χ0v) is 16.4. The first kappa shape index (κ1) is 20.4. The van der Waals surface area contributed by atoms with Gasteiger partial charge in [-0.25, -0.2) is 5.01 Å². The summed E-state index contributed by atoms with van der Waals surface area (Å²) in [6, 6.07) is 16.9. The summed E-state index contributed by atoms with van der Waals surface area (Å²) in [6.45, 7) is 0.576. The average molecular weight is 396 g/mol. The molecular weight excluding hydrogens is 372 g/mol. The summed E-state index contributed by atoms with van der Waals surface area (Å²) in [7, 11) is 1.60. The molecule has 0 spiro atoms. The molecule has 0 atom stereocenters. The van der Waals surface area contributed by atoms with Crippen molar-refractivity contribution in [2.45, 2.75) is 19.3 Å². The topological polar surface area (TPSA) is 77.4 Å². The number of amides is 1. The van der Waals surface area contributed by atoms with Crippen LogP contribution in [0.25, 0.3) is 0 Å². The van der Waals surface area contributed by atoms with E-state index in [1.165, 1.54) is 5.01 Å². The van der Waals surface area contributed by atoms with Crippen molar-refractivity contribution in [2.24, 2.45) is 5.10 Å². The molecule has 0 radical (unpaired) electrons. The second-order valence-electron chi connectivity index (χ2n) is 6.47. The van der Waals surface area contributed by atoms with E-state index in [9.17, 15) is 9.59 Å². The highest BCUT2D eigenvalue weighted by molar-refractivity contribution is 6.02. The molecule has 0 saturated heterocycles. The molecule has 7 nitrogen and oxygen atoms in total. The quantitative estimate of drug-likeness (QED) is 0.481. The van der Waals surface area contributed by atoms with Crippen LogP contribution in [0.3, 0.4) is 0 Å². The van der Waals surface area contributed by atoms with Crippen LogP contribution in [0.5, 0.6) is 11.5 Å². The molecule has 0 bridgehead atoms. The molecule has 7 heteroatoms. The van der Waals surface area contributed by atoms with Gasteiger partial charge < -0.3 is 14.2 Å². The minimum atomic E-state index is -0.428. The minimum absolute atomic E-state index is 0.183. The molecule has 2 aromatic carbocycles. The van der Waals surface area contributed by atoms with Crippen LogP contribution < -0.4 is 9.47 Å². The van der Waals surface area contributed by atoms with Crippen LogP contribution >= 0.6 is 0 Å². The summed E-state index contributed by atoms with van der Waals surface area (Å²) in [6.07, 6.45) is 1.37. The summed E-state index contributed by atoms with van der Waals surface area (Å²) in [5, 5.41) is 5.70. The van der Waals surface area contributed by atoms with Crippen molar-refractivity contribution in [3.05, 3.63) is 60.2 Å². The van der Waals surface area contributed by atoms with E-state index in [4.69, 9.17) is 14.2 Å². The molecule has 1 aliphatic rings. The zero-order chi connectivity index (χ0) is 20.5. The van der Waals surface area contributed by atoms with Crippen LogP contribution in [-0.4, -0.2) is 49.5 Å². The van der Waals surface area contributed by atoms with Crippen molar-refractivity contribution in [3.8, 4) is 11.5 Å². The lowest BCUT2D eigenvalue weighted by molar-refractivity contribution is -0.152. The Hall–Kier alpha value is -3.35. The number of carbonyl (C=O) groups excluding carboxylic acids is 2. The molecule has 0 aliphatic carbocycles. The SMILES string of the molecule is COc1ccc(OCCCC(=O)OCC(=O)N2CCC(c3ccccc3)=N2)cc1. The van der Waals surface area contributed by atoms with E-state index in [0.29, 0.717) is 31.7 Å². The monoisotopic (exact) mass is 396 g/mol. The molecule has 1 aliphatic heterocycles. The van der Waals surface area contributed by atoms with Gasteiger partial charge in [0, 0.05) is 12.8 Å². The van der Waals surface area contributed by atoms with E-state index >= 15 is 0 Å². The molecule has 29 heavy (non-hydrogen) atoms. The normalized spacial score (nSPS) is 13.0. The Balaban J connectivity index is 1.34. The third kappa shape index (κ3) is 6.07. The van der Waals surface area contributed by atoms with Gasteiger partial charge in [-0.15, -0.1) is 0 Å². The van der Waals surface area contributed by atoms with Crippen molar-refractivity contribution < 1.29 is 23.8 Å². The Morgan fingerprint density at radius 1 is 1.03 bits per heavy atom. The largest absolute Gasteiger partial charge is 0.497 e. The van der Waals surface area contributed by atoms with E-state index in [-0.39, 0.29) is 18.9 Å². The Bertz CT molecular complexity index is 849. The summed E-state index contributed by atoms with van der Waals surface area (Å²) in [5.41, 5.74) is 1.86. The molecule has 0 fully saturated rings. The predicted octanol–water partition coefficient (Wildman–Crippen LogP) is 3.03. The van der Waals surface area contributed by atoms with E-state index in [2.05, 4.69) is 5.10 Å². The fraction of sp³-hybridized carbons (Fsp3) is 0.318. The van der Waals surface area contributed by atoms with E-state index in [0.717, 1.165) is 17.0 Å². The van der Waals surface area contributed by atoms with Crippen LogP contribution in [0.4, 0.5) is 0 Å². The number of ether oxygens (including phenoxy) is 3. The molecule has 152 valence electrons. The summed E-state index contributed by atoms with van der Waals surface area (Å²) in [4.78, 5) is 24.0. The standard InChI is InChI=1S/C22H24N2O5/c1-27-18-9-11-19(12-10-18)28-15-5-8-22(26)29-16-21(25)24-14-13-20(23-24)17-6-3-2-4-7-17/h2-4,6-7,9-12H,5,8,13-16H2,1H3. The maximum Gasteiger partial charge on any atom is 0.306 e. The number of nitrogens with zero attached hydrogens (tertiary/aromatic N) is 2. The molecule has 1 heterocycles. The minimum Gasteiger partial charge on any atom is -0.497 e. The van der Waals surface area contributed by atoms with Crippen molar-refractivity contribution in [1.82, 2.24) is 5.01 Å². The van der Waals surface area contributed by atoms with E-state index in [1.54, 1.807) is 31.4 Å². The highest BCUT2D eigenvalue weighted by atomic mass is 16.5. The lowest BCUT2D eigenvalue weighted by Crippen LogP contribution is -2.28. The summed E-state index contributed by atoms with van der Waals surface area (Å²) >= 11 is 0. The average Bonchev–Trinajstić information content (AvgIpc) is 3.26. The summed E-state index contributed by atoms with van der Waals surface area (Å²) in [5.74, 6) is 0.709. The zero-order valence-electron chi connectivity index (χ0n) is 16.4. The summed E-state index contributed by atoms with van der Waals surface area (Å²) < 4.78 is 15.7. The number of carbonyl (C=O) groups is 2. The number of methoxy groups -OCH3 is 1. The number of benzene rings is 2. The van der Waals surface area contributed by atoms with Gasteiger partial charge in [0.25, 0.3) is 5.91 Å². The van der Waals surface area contributed by atoms with Crippen LogP contribution in [0.15, 0.2) is 59.7 Å². The Kier molecular flexibility index (Phi) is 7.22. The van der Waals surface area contributed by atoms with Gasteiger partial charge in [-0.05, 0) is 36.2 Å². The van der Waals surface area contributed by atoms with Gasteiger partial charge in [-0.2, -0.15) is 5.10 Å². The van der Waals surface area contributed by atoms with E-state index in [1.807, 2.05) is 30.3 Å². The smallest absolute Gasteiger partial charge is 0.306 e. The highest BCUT2D eigenvalue weighted by Gasteiger charge is 2.22. The van der Waals surface area contributed by atoms with Crippen molar-refractivity contribution in [2.75, 3.05) is 26.9 Å². The first-order valence-corrected chi connectivity index (χ1v) is 9.51. The van der Waals surface area contributed by atoms with Gasteiger partial charge in [-0.1, -0.05) is 30.3 Å². The van der Waals surface area contributed by atoms with Gasteiger partial charge in [0.1, 0.15) is 11.5 Å². The third-order valence-electron chi connectivity index (χ3n) is 4.41. The number of hydrazone groups is 1. The molecule has 0 N–H and O–H groups in total. The number of rotatable bonds is 9. The van der Waals surface area contributed by atoms with Crippen molar-refractivity contribution in [1.29, 1.82) is 0 Å². The van der Waals surface area contributed by atoms with Crippen LogP contribution in [0.2, 0.25) is 0 Å². The van der Waals surface area contributed by atoms with Gasteiger partial charge in [0.15, 0.2) is 6.61 Å². The molecule has 2 aromatic rings. The molecule has 3 rings (SSSR count). The van der Waals surface area contributed by atoms with E-state index < -0.39 is 5.97 Å².